The minimum atomic E-state index is -3.52. The summed E-state index contributed by atoms with van der Waals surface area (Å²) in [5.41, 5.74) is 3.83. The third kappa shape index (κ3) is 4.53. The quantitative estimate of drug-likeness (QED) is 0.793. The van der Waals surface area contributed by atoms with Crippen LogP contribution >= 0.6 is 0 Å². The SMILES string of the molecule is Cc1ccccc1N(CC(=O)NN(C)C)S(C)(=O)=O. The summed E-state index contributed by atoms with van der Waals surface area (Å²) in [6, 6.07) is 7.04. The van der Waals surface area contributed by atoms with E-state index >= 15 is 0 Å². The lowest BCUT2D eigenvalue weighted by molar-refractivity contribution is -0.123. The smallest absolute Gasteiger partial charge is 0.255 e. The zero-order valence-electron chi connectivity index (χ0n) is 11.5. The third-order valence-electron chi connectivity index (χ3n) is 2.42. The number of anilines is 1. The lowest BCUT2D eigenvalue weighted by Crippen LogP contribution is -2.45. The Bertz CT molecular complexity index is 555. The number of benzene rings is 1. The molecule has 0 saturated heterocycles. The van der Waals surface area contributed by atoms with Gasteiger partial charge >= 0.3 is 0 Å². The van der Waals surface area contributed by atoms with E-state index in [1.807, 2.05) is 6.07 Å². The van der Waals surface area contributed by atoms with Gasteiger partial charge in [0.2, 0.25) is 10.0 Å². The van der Waals surface area contributed by atoms with Crippen LogP contribution in [-0.4, -0.2) is 46.2 Å². The Balaban J connectivity index is 3.05. The molecule has 0 unspecified atom stereocenters. The van der Waals surface area contributed by atoms with Crippen LogP contribution in [-0.2, 0) is 14.8 Å². The largest absolute Gasteiger partial charge is 0.288 e. The van der Waals surface area contributed by atoms with Crippen molar-refractivity contribution in [1.82, 2.24) is 10.4 Å². The van der Waals surface area contributed by atoms with Crippen LogP contribution < -0.4 is 9.73 Å². The summed E-state index contributed by atoms with van der Waals surface area (Å²) in [5.74, 6) is -0.390. The van der Waals surface area contributed by atoms with Crippen LogP contribution in [0.3, 0.4) is 0 Å². The topological polar surface area (TPSA) is 69.7 Å². The van der Waals surface area contributed by atoms with E-state index in [1.54, 1.807) is 39.2 Å². The first kappa shape index (κ1) is 15.5. The highest BCUT2D eigenvalue weighted by Crippen LogP contribution is 2.21. The number of hydrazine groups is 1. The molecule has 0 radical (unpaired) electrons. The summed E-state index contributed by atoms with van der Waals surface area (Å²) in [5, 5.41) is 1.47. The molecule has 0 bridgehead atoms. The Morgan fingerprint density at radius 3 is 2.32 bits per heavy atom. The van der Waals surface area contributed by atoms with Crippen molar-refractivity contribution >= 4 is 21.6 Å². The van der Waals surface area contributed by atoms with E-state index in [2.05, 4.69) is 5.43 Å². The predicted octanol–water partition coefficient (Wildman–Crippen LogP) is 0.354. The molecule has 0 aliphatic heterocycles. The summed E-state index contributed by atoms with van der Waals surface area (Å²) < 4.78 is 24.8. The zero-order valence-corrected chi connectivity index (χ0v) is 12.4. The Hall–Kier alpha value is -1.60. The molecule has 1 amide bonds. The molecule has 6 nitrogen and oxygen atoms in total. The average molecular weight is 285 g/mol. The number of para-hydroxylation sites is 1. The second-order valence-electron chi connectivity index (χ2n) is 4.49. The molecule has 7 heteroatoms. The van der Waals surface area contributed by atoms with Crippen molar-refractivity contribution in [2.24, 2.45) is 0 Å². The van der Waals surface area contributed by atoms with Gasteiger partial charge in [-0.1, -0.05) is 18.2 Å². The van der Waals surface area contributed by atoms with Gasteiger partial charge in [-0.15, -0.1) is 0 Å². The molecule has 0 heterocycles. The summed E-state index contributed by atoms with van der Waals surface area (Å²) >= 11 is 0. The molecule has 1 N–H and O–H groups in total. The zero-order chi connectivity index (χ0) is 14.6. The van der Waals surface area contributed by atoms with Gasteiger partial charge in [0.1, 0.15) is 6.54 Å². The highest BCUT2D eigenvalue weighted by molar-refractivity contribution is 7.92. The van der Waals surface area contributed by atoms with E-state index in [0.29, 0.717) is 5.69 Å². The Labute approximate surface area is 114 Å². The Morgan fingerprint density at radius 2 is 1.84 bits per heavy atom. The fraction of sp³-hybridized carbons (Fsp3) is 0.417. The van der Waals surface area contributed by atoms with Crippen molar-refractivity contribution < 1.29 is 13.2 Å². The standard InChI is InChI=1S/C12H19N3O3S/c1-10-7-5-6-8-11(10)15(19(4,17)18)9-12(16)13-14(2)3/h5-8H,9H2,1-4H3,(H,13,16). The summed E-state index contributed by atoms with van der Waals surface area (Å²) in [6.07, 6.45) is 1.09. The van der Waals surface area contributed by atoms with E-state index in [9.17, 15) is 13.2 Å². The maximum atomic E-state index is 11.8. The second-order valence-corrected chi connectivity index (χ2v) is 6.39. The summed E-state index contributed by atoms with van der Waals surface area (Å²) in [6.45, 7) is 1.55. The Kier molecular flexibility index (Phi) is 4.90. The van der Waals surface area contributed by atoms with Gasteiger partial charge in [0.05, 0.1) is 11.9 Å². The van der Waals surface area contributed by atoms with Crippen LogP contribution in [0, 0.1) is 6.92 Å². The molecule has 1 aromatic carbocycles. The number of hydrogen-bond acceptors (Lipinski definition) is 4. The number of aryl methyl sites for hydroxylation is 1. The number of amides is 1. The summed E-state index contributed by atoms with van der Waals surface area (Å²) in [4.78, 5) is 11.7. The summed E-state index contributed by atoms with van der Waals surface area (Å²) in [7, 11) is -0.191. The number of nitrogens with zero attached hydrogens (tertiary/aromatic N) is 2. The van der Waals surface area contributed by atoms with Crippen molar-refractivity contribution in [1.29, 1.82) is 0 Å². The lowest BCUT2D eigenvalue weighted by atomic mass is 10.2. The van der Waals surface area contributed by atoms with Crippen LogP contribution in [0.1, 0.15) is 5.56 Å². The van der Waals surface area contributed by atoms with Crippen molar-refractivity contribution in [2.75, 3.05) is 31.2 Å². The predicted molar refractivity (Wildman–Crippen MR) is 75.2 cm³/mol. The van der Waals surface area contributed by atoms with Crippen LogP contribution in [0.5, 0.6) is 0 Å². The van der Waals surface area contributed by atoms with E-state index in [4.69, 9.17) is 0 Å². The molecule has 0 atom stereocenters. The first-order chi connectivity index (χ1) is 8.71. The minimum Gasteiger partial charge on any atom is -0.288 e. The van der Waals surface area contributed by atoms with Crippen molar-refractivity contribution in [3.8, 4) is 0 Å². The minimum absolute atomic E-state index is 0.248. The van der Waals surface area contributed by atoms with Crippen LogP contribution in [0.25, 0.3) is 0 Å². The fourth-order valence-corrected chi connectivity index (χ4v) is 2.55. The van der Waals surface area contributed by atoms with E-state index in [1.165, 1.54) is 5.01 Å². The molecule has 0 aliphatic rings. The lowest BCUT2D eigenvalue weighted by Gasteiger charge is -2.24. The number of rotatable bonds is 5. The van der Waals surface area contributed by atoms with Gasteiger partial charge < -0.3 is 0 Å². The molecular weight excluding hydrogens is 266 g/mol. The van der Waals surface area contributed by atoms with Gasteiger partial charge in [0, 0.05) is 14.1 Å². The Morgan fingerprint density at radius 1 is 1.26 bits per heavy atom. The average Bonchev–Trinajstić information content (AvgIpc) is 2.24. The number of carbonyl (C=O) groups is 1. The van der Waals surface area contributed by atoms with E-state index < -0.39 is 15.9 Å². The molecule has 19 heavy (non-hydrogen) atoms. The van der Waals surface area contributed by atoms with Crippen molar-refractivity contribution in [3.05, 3.63) is 29.8 Å². The van der Waals surface area contributed by atoms with Gasteiger partial charge in [-0.25, -0.2) is 13.4 Å². The second kappa shape index (κ2) is 6.03. The molecule has 1 rings (SSSR count). The van der Waals surface area contributed by atoms with Crippen molar-refractivity contribution in [3.63, 3.8) is 0 Å². The van der Waals surface area contributed by atoms with Gasteiger partial charge in [-0.2, -0.15) is 0 Å². The number of sulfonamides is 1. The first-order valence-corrected chi connectivity index (χ1v) is 7.57. The van der Waals surface area contributed by atoms with Gasteiger partial charge in [-0.05, 0) is 18.6 Å². The monoisotopic (exact) mass is 285 g/mol. The number of nitrogens with one attached hydrogen (secondary N) is 1. The van der Waals surface area contributed by atoms with Crippen LogP contribution in [0.4, 0.5) is 5.69 Å². The maximum Gasteiger partial charge on any atom is 0.255 e. The molecular formula is C12H19N3O3S. The van der Waals surface area contributed by atoms with Gasteiger partial charge in [0.15, 0.2) is 0 Å². The highest BCUT2D eigenvalue weighted by atomic mass is 32.2. The molecule has 0 aliphatic carbocycles. The molecule has 0 spiro atoms. The highest BCUT2D eigenvalue weighted by Gasteiger charge is 2.22. The van der Waals surface area contributed by atoms with E-state index in [-0.39, 0.29) is 6.54 Å². The molecule has 0 aromatic heterocycles. The van der Waals surface area contributed by atoms with Gasteiger partial charge in [0.25, 0.3) is 5.91 Å². The number of hydrogen-bond donors (Lipinski definition) is 1. The van der Waals surface area contributed by atoms with Crippen molar-refractivity contribution in [2.45, 2.75) is 6.92 Å². The van der Waals surface area contributed by atoms with E-state index in [0.717, 1.165) is 16.1 Å². The molecule has 0 saturated carbocycles. The fourth-order valence-electron chi connectivity index (χ4n) is 1.64. The first-order valence-electron chi connectivity index (χ1n) is 5.72. The molecule has 0 fully saturated rings. The third-order valence-corrected chi connectivity index (χ3v) is 3.55. The van der Waals surface area contributed by atoms with Gasteiger partial charge in [-0.3, -0.25) is 14.5 Å². The maximum absolute atomic E-state index is 11.8. The van der Waals surface area contributed by atoms with Crippen LogP contribution in [0.15, 0.2) is 24.3 Å². The van der Waals surface area contributed by atoms with Crippen LogP contribution in [0.2, 0.25) is 0 Å². The molecule has 1 aromatic rings. The number of carbonyl (C=O) groups excluding carboxylic acids is 1. The normalized spacial score (nSPS) is 11.4. The molecule has 106 valence electrons.